The Hall–Kier alpha value is -2.02. The molecule has 0 aliphatic carbocycles. The molecule has 13 heavy (non-hydrogen) atoms. The highest BCUT2D eigenvalue weighted by molar-refractivity contribution is 5.44. The van der Waals surface area contributed by atoms with Crippen molar-refractivity contribution in [1.29, 1.82) is 0 Å². The number of hydrazine groups is 1. The van der Waals surface area contributed by atoms with Crippen molar-refractivity contribution in [2.75, 3.05) is 0 Å². The number of amides is 1. The number of carbonyl (C=O) groups is 1. The Morgan fingerprint density at radius 3 is 2.54 bits per heavy atom. The topological polar surface area (TPSA) is 111 Å². The van der Waals surface area contributed by atoms with Crippen LogP contribution in [0, 0.1) is 10.1 Å². The van der Waals surface area contributed by atoms with Gasteiger partial charge in [0.25, 0.3) is 5.69 Å². The summed E-state index contributed by atoms with van der Waals surface area (Å²) in [7, 11) is 0. The van der Waals surface area contributed by atoms with E-state index in [1.54, 1.807) is 5.43 Å². The summed E-state index contributed by atoms with van der Waals surface area (Å²) < 4.78 is 0. The zero-order chi connectivity index (χ0) is 10.1. The Balaban J connectivity index is 0.000000310. The molecule has 1 aromatic heterocycles. The van der Waals surface area contributed by atoms with Gasteiger partial charge in [0, 0.05) is 12.3 Å². The summed E-state index contributed by atoms with van der Waals surface area (Å²) in [6.45, 7) is 0. The van der Waals surface area contributed by atoms with Crippen LogP contribution in [0.4, 0.5) is 5.69 Å². The average Bonchev–Trinajstić information content (AvgIpc) is 2.19. The third-order valence-electron chi connectivity index (χ3n) is 0.925. The van der Waals surface area contributed by atoms with Gasteiger partial charge in [-0.25, -0.2) is 5.84 Å². The molecular weight excluding hydrogens is 176 g/mol. The summed E-state index contributed by atoms with van der Waals surface area (Å²) in [4.78, 5) is 22.0. The molecule has 0 bridgehead atoms. The number of carbonyl (C=O) groups excluding carboxylic acids is 1. The van der Waals surface area contributed by atoms with Gasteiger partial charge in [0.15, 0.2) is 0 Å². The first kappa shape index (κ1) is 11.0. The molecule has 0 unspecified atom stereocenters. The fraction of sp³-hybridized carbons (Fsp3) is 0. The molecule has 1 heterocycles. The van der Waals surface area contributed by atoms with Crippen molar-refractivity contribution in [3.05, 3.63) is 34.6 Å². The van der Waals surface area contributed by atoms with E-state index in [9.17, 15) is 10.1 Å². The number of hydrogen-bond acceptors (Lipinski definition) is 5. The highest BCUT2D eigenvalue weighted by Gasteiger charge is 1.99. The van der Waals surface area contributed by atoms with Gasteiger partial charge in [-0.3, -0.25) is 25.3 Å². The van der Waals surface area contributed by atoms with Crippen LogP contribution in [0.2, 0.25) is 0 Å². The quantitative estimate of drug-likeness (QED) is 0.213. The van der Waals surface area contributed by atoms with Crippen LogP contribution >= 0.6 is 0 Å². The standard InChI is InChI=1S/C5H4N2O2.CH4N2O/c8-7(9)5-2-1-3-6-4-5;2-3-1-4/h1-4H;1H,2H2,(H,3,4). The second kappa shape index (κ2) is 6.68. The van der Waals surface area contributed by atoms with E-state index in [1.165, 1.54) is 24.5 Å². The molecule has 0 spiro atoms. The molecule has 0 saturated heterocycles. The normalized spacial score (nSPS) is 7.77. The smallest absolute Gasteiger partial charge is 0.287 e. The fourth-order valence-corrected chi connectivity index (χ4v) is 0.462. The molecular formula is C6H8N4O3. The van der Waals surface area contributed by atoms with Crippen LogP contribution < -0.4 is 11.3 Å². The molecule has 0 saturated carbocycles. The Morgan fingerprint density at radius 1 is 1.69 bits per heavy atom. The number of nitrogens with one attached hydrogen (secondary N) is 1. The molecule has 0 aromatic carbocycles. The first-order valence-corrected chi connectivity index (χ1v) is 3.16. The van der Waals surface area contributed by atoms with Gasteiger partial charge in [0.05, 0.1) is 4.92 Å². The van der Waals surface area contributed by atoms with Crippen molar-refractivity contribution < 1.29 is 9.72 Å². The molecule has 0 aliphatic rings. The molecule has 0 fully saturated rings. The van der Waals surface area contributed by atoms with E-state index in [0.29, 0.717) is 6.41 Å². The van der Waals surface area contributed by atoms with Crippen LogP contribution in [0.5, 0.6) is 0 Å². The SMILES string of the molecule is NNC=O.O=[N+]([O-])c1cccnc1. The number of nitrogens with zero attached hydrogens (tertiary/aromatic N) is 2. The van der Waals surface area contributed by atoms with E-state index in [2.05, 4.69) is 10.8 Å². The number of hydrogen-bond donors (Lipinski definition) is 2. The first-order chi connectivity index (χ1) is 6.22. The van der Waals surface area contributed by atoms with E-state index in [-0.39, 0.29) is 5.69 Å². The maximum absolute atomic E-state index is 9.97. The van der Waals surface area contributed by atoms with Crippen LogP contribution in [0.1, 0.15) is 0 Å². The zero-order valence-electron chi connectivity index (χ0n) is 6.58. The molecule has 1 rings (SSSR count). The van der Waals surface area contributed by atoms with E-state index >= 15 is 0 Å². The van der Waals surface area contributed by atoms with Crippen molar-refractivity contribution in [2.24, 2.45) is 5.84 Å². The fourth-order valence-electron chi connectivity index (χ4n) is 0.462. The minimum Gasteiger partial charge on any atom is -0.297 e. The summed E-state index contributed by atoms with van der Waals surface area (Å²) in [6, 6.07) is 2.92. The summed E-state index contributed by atoms with van der Waals surface area (Å²) in [5, 5.41) is 9.97. The lowest BCUT2D eigenvalue weighted by molar-refractivity contribution is -0.385. The van der Waals surface area contributed by atoms with Crippen LogP contribution in [0.25, 0.3) is 0 Å². The number of rotatable bonds is 2. The maximum Gasteiger partial charge on any atom is 0.287 e. The Kier molecular flexibility index (Phi) is 5.64. The van der Waals surface area contributed by atoms with Gasteiger partial charge in [-0.2, -0.15) is 0 Å². The summed E-state index contributed by atoms with van der Waals surface area (Å²) in [5.41, 5.74) is 1.78. The number of nitro groups is 1. The van der Waals surface area contributed by atoms with Gasteiger partial charge in [0.2, 0.25) is 6.41 Å². The third kappa shape index (κ3) is 5.27. The predicted molar refractivity (Wildman–Crippen MR) is 44.3 cm³/mol. The number of aromatic nitrogens is 1. The molecule has 7 nitrogen and oxygen atoms in total. The van der Waals surface area contributed by atoms with E-state index in [0.717, 1.165) is 0 Å². The van der Waals surface area contributed by atoms with E-state index in [4.69, 9.17) is 4.79 Å². The molecule has 0 atom stereocenters. The van der Waals surface area contributed by atoms with Crippen molar-refractivity contribution in [2.45, 2.75) is 0 Å². The summed E-state index contributed by atoms with van der Waals surface area (Å²) >= 11 is 0. The number of nitrogens with two attached hydrogens (primary N) is 1. The zero-order valence-corrected chi connectivity index (χ0v) is 6.58. The van der Waals surface area contributed by atoms with Gasteiger partial charge in [-0.1, -0.05) is 0 Å². The molecule has 70 valence electrons. The lowest BCUT2D eigenvalue weighted by Crippen LogP contribution is -2.18. The van der Waals surface area contributed by atoms with Crippen LogP contribution in [0.3, 0.4) is 0 Å². The van der Waals surface area contributed by atoms with Gasteiger partial charge < -0.3 is 0 Å². The van der Waals surface area contributed by atoms with E-state index in [1.807, 2.05) is 0 Å². The highest BCUT2D eigenvalue weighted by Crippen LogP contribution is 2.04. The van der Waals surface area contributed by atoms with Crippen molar-refractivity contribution in [3.8, 4) is 0 Å². The molecule has 1 amide bonds. The monoisotopic (exact) mass is 184 g/mol. The molecule has 1 aromatic rings. The largest absolute Gasteiger partial charge is 0.297 e. The lowest BCUT2D eigenvalue weighted by atomic mass is 10.4. The van der Waals surface area contributed by atoms with Crippen LogP contribution in [-0.4, -0.2) is 16.3 Å². The van der Waals surface area contributed by atoms with Crippen molar-refractivity contribution >= 4 is 12.1 Å². The summed E-state index contributed by atoms with van der Waals surface area (Å²) in [5.74, 6) is 4.41. The Bertz CT molecular complexity index is 264. The maximum atomic E-state index is 9.97. The Morgan fingerprint density at radius 2 is 2.31 bits per heavy atom. The Labute approximate surface area is 73.7 Å². The van der Waals surface area contributed by atoms with Gasteiger partial charge in [-0.05, 0) is 6.07 Å². The van der Waals surface area contributed by atoms with Crippen molar-refractivity contribution in [1.82, 2.24) is 10.4 Å². The molecule has 7 heteroatoms. The molecule has 3 N–H and O–H groups in total. The van der Waals surface area contributed by atoms with Crippen molar-refractivity contribution in [3.63, 3.8) is 0 Å². The summed E-state index contributed by atoms with van der Waals surface area (Å²) in [6.07, 6.45) is 3.10. The molecule has 0 radical (unpaired) electrons. The minimum atomic E-state index is -0.479. The molecule has 0 aliphatic heterocycles. The van der Waals surface area contributed by atoms with E-state index < -0.39 is 4.92 Å². The van der Waals surface area contributed by atoms with Crippen LogP contribution in [-0.2, 0) is 4.79 Å². The average molecular weight is 184 g/mol. The van der Waals surface area contributed by atoms with Gasteiger partial charge in [-0.15, -0.1) is 0 Å². The third-order valence-corrected chi connectivity index (χ3v) is 0.925. The first-order valence-electron chi connectivity index (χ1n) is 3.16. The lowest BCUT2D eigenvalue weighted by Gasteiger charge is -1.84. The second-order valence-electron chi connectivity index (χ2n) is 1.75. The minimum absolute atomic E-state index is 0.0255. The predicted octanol–water partition coefficient (Wildman–Crippen LogP) is -0.404. The second-order valence-corrected chi connectivity index (χ2v) is 1.75. The van der Waals surface area contributed by atoms with Gasteiger partial charge >= 0.3 is 0 Å². The number of pyridine rings is 1. The van der Waals surface area contributed by atoms with Crippen LogP contribution in [0.15, 0.2) is 24.5 Å². The highest BCUT2D eigenvalue weighted by atomic mass is 16.6. The van der Waals surface area contributed by atoms with Gasteiger partial charge in [0.1, 0.15) is 6.20 Å².